The Hall–Kier alpha value is -4.45. The highest BCUT2D eigenvalue weighted by atomic mass is 28.3. The minimum absolute atomic E-state index is 0.0454. The molecule has 0 radical (unpaired) electrons. The van der Waals surface area contributed by atoms with Crippen molar-refractivity contribution in [2.75, 3.05) is 37.7 Å². The molecule has 0 amide bonds. The first-order valence-electron chi connectivity index (χ1n) is 16.6. The topological polar surface area (TPSA) is 96.2 Å². The van der Waals surface area contributed by atoms with Crippen LogP contribution in [-0.4, -0.2) is 79.8 Å². The Morgan fingerprint density at radius 2 is 1.69 bits per heavy atom. The van der Waals surface area contributed by atoms with Crippen molar-refractivity contribution in [3.05, 3.63) is 86.9 Å². The third-order valence-corrected chi connectivity index (χ3v) is 13.1. The molecule has 0 spiro atoms. The van der Waals surface area contributed by atoms with Crippen molar-refractivity contribution in [3.8, 4) is 0 Å². The second kappa shape index (κ2) is 12.5. The zero-order chi connectivity index (χ0) is 35.6. The van der Waals surface area contributed by atoms with Crippen LogP contribution in [0.1, 0.15) is 73.5 Å². The van der Waals surface area contributed by atoms with Crippen LogP contribution in [0.25, 0.3) is 5.57 Å². The van der Waals surface area contributed by atoms with E-state index in [1.54, 1.807) is 12.1 Å². The molecule has 3 heterocycles. The van der Waals surface area contributed by atoms with E-state index in [0.29, 0.717) is 11.1 Å². The van der Waals surface area contributed by atoms with Crippen molar-refractivity contribution in [2.24, 2.45) is 0 Å². The maximum absolute atomic E-state index is 17.4. The van der Waals surface area contributed by atoms with Gasteiger partial charge in [0.1, 0.15) is 38.1 Å². The summed E-state index contributed by atoms with van der Waals surface area (Å²) in [4.78, 5) is 41.7. The molecule has 0 aromatic heterocycles. The average molecular weight is 694 g/mol. The molecular formula is C37H40F3N2O6Si+. The van der Waals surface area contributed by atoms with E-state index in [9.17, 15) is 19.5 Å². The Bertz CT molecular complexity index is 1930. The van der Waals surface area contributed by atoms with Crippen LogP contribution in [0, 0.1) is 17.5 Å². The molecule has 258 valence electrons. The molecule has 2 fully saturated rings. The fraction of sp³-hybridized carbons (Fsp3) is 0.405. The van der Waals surface area contributed by atoms with E-state index in [-0.39, 0.29) is 12.2 Å². The van der Waals surface area contributed by atoms with E-state index in [4.69, 9.17) is 9.47 Å². The number of esters is 2. The number of benzene rings is 2. The fourth-order valence-corrected chi connectivity index (χ4v) is 9.99. The number of aromatic carboxylic acids is 1. The Morgan fingerprint density at radius 1 is 1.00 bits per heavy atom. The molecule has 1 aliphatic carbocycles. The number of hydrogen-bond donors (Lipinski definition) is 1. The van der Waals surface area contributed by atoms with Crippen molar-refractivity contribution in [2.45, 2.75) is 65.1 Å². The summed E-state index contributed by atoms with van der Waals surface area (Å²) in [5.41, 5.74) is -1.51. The number of rotatable bonds is 7. The molecule has 1 atom stereocenters. The largest absolute Gasteiger partial charge is 0.478 e. The Labute approximate surface area is 284 Å². The molecule has 1 N–H and O–H groups in total. The van der Waals surface area contributed by atoms with Crippen molar-refractivity contribution in [1.29, 1.82) is 0 Å². The van der Waals surface area contributed by atoms with Gasteiger partial charge in [0.05, 0.1) is 18.6 Å². The summed E-state index contributed by atoms with van der Waals surface area (Å²) in [6.45, 7) is 13.5. The highest BCUT2D eigenvalue weighted by Crippen LogP contribution is 2.46. The van der Waals surface area contributed by atoms with Gasteiger partial charge in [-0.25, -0.2) is 22.5 Å². The summed E-state index contributed by atoms with van der Waals surface area (Å²) >= 11 is 0. The number of anilines is 1. The van der Waals surface area contributed by atoms with E-state index in [0.717, 1.165) is 60.8 Å². The van der Waals surface area contributed by atoms with E-state index < -0.39 is 71.6 Å². The first-order valence-corrected chi connectivity index (χ1v) is 19.6. The smallest absolute Gasteiger partial charge is 0.339 e. The molecule has 2 aromatic carbocycles. The molecule has 0 saturated carbocycles. The Balaban J connectivity index is 1.71. The number of carbonyl (C=O) groups excluding carboxylic acids is 2. The van der Waals surface area contributed by atoms with Crippen LogP contribution in [0.15, 0.2) is 47.2 Å². The Kier molecular flexibility index (Phi) is 8.75. The number of allylic oxidation sites excluding steroid dienone is 5. The van der Waals surface area contributed by atoms with Gasteiger partial charge >= 0.3 is 17.9 Å². The quantitative estimate of drug-likeness (QED) is 0.132. The summed E-state index contributed by atoms with van der Waals surface area (Å²) in [7, 11) is -2.59. The summed E-state index contributed by atoms with van der Waals surface area (Å²) in [6, 6.07) is 5.69. The number of carboxylic acids is 1. The van der Waals surface area contributed by atoms with Crippen LogP contribution in [0.3, 0.4) is 0 Å². The second-order valence-corrected chi connectivity index (χ2v) is 18.6. The maximum Gasteiger partial charge on any atom is 0.339 e. The average Bonchev–Trinajstić information content (AvgIpc) is 2.95. The predicted molar refractivity (Wildman–Crippen MR) is 182 cm³/mol. The van der Waals surface area contributed by atoms with Crippen LogP contribution in [0.2, 0.25) is 13.1 Å². The van der Waals surface area contributed by atoms with Crippen molar-refractivity contribution in [1.82, 2.24) is 0 Å². The second-order valence-electron chi connectivity index (χ2n) is 14.3. The molecular weight excluding hydrogens is 653 g/mol. The van der Waals surface area contributed by atoms with Crippen LogP contribution in [-0.2, 0) is 19.1 Å². The standard InChI is InChI=1S/C37H39F3N2O6Si/c1-7-47-35(45)30(36(46)48-37(2,3)4)28-31(38)27(29(34(43)44)33(40)32(28)39)26-22-12-10-20(41-14-8-15-41)18-24(22)49(5,6)25-19-21(11-13-23(25)26)42-16-9-17-42/h10-13,18-19,30H,7-9,14-17H2,1-6H3/p+1. The normalized spacial score (nSPS) is 18.6. The number of carboxylic acid groups (broad SMARTS) is 1. The Morgan fingerprint density at radius 3 is 2.24 bits per heavy atom. The first kappa shape index (κ1) is 34.4. The zero-order valence-corrected chi connectivity index (χ0v) is 29.5. The predicted octanol–water partition coefficient (Wildman–Crippen LogP) is 5.62. The monoisotopic (exact) mass is 693 g/mol. The van der Waals surface area contributed by atoms with Gasteiger partial charge < -0.3 is 19.5 Å². The molecule has 8 nitrogen and oxygen atoms in total. The third kappa shape index (κ3) is 5.83. The summed E-state index contributed by atoms with van der Waals surface area (Å²) in [6.07, 6.45) is 7.77. The van der Waals surface area contributed by atoms with Gasteiger partial charge in [0.25, 0.3) is 0 Å². The van der Waals surface area contributed by atoms with Crippen molar-refractivity contribution in [3.63, 3.8) is 0 Å². The molecule has 2 saturated heterocycles. The number of halogens is 3. The molecule has 2 aromatic rings. The van der Waals surface area contributed by atoms with E-state index >= 15 is 13.2 Å². The third-order valence-electron chi connectivity index (χ3n) is 9.61. The van der Waals surface area contributed by atoms with Gasteiger partial charge in [-0.05, 0) is 79.4 Å². The van der Waals surface area contributed by atoms with Gasteiger partial charge in [0, 0.05) is 36.5 Å². The molecule has 4 aliphatic rings. The van der Waals surface area contributed by atoms with Gasteiger partial charge in [0.2, 0.25) is 0 Å². The van der Waals surface area contributed by atoms with E-state index in [2.05, 4.69) is 22.6 Å². The number of hydrogen-bond acceptors (Lipinski definition) is 6. The molecule has 0 bridgehead atoms. The fourth-order valence-electron chi connectivity index (χ4n) is 6.92. The first-order chi connectivity index (χ1) is 23.1. The molecule has 12 heteroatoms. The van der Waals surface area contributed by atoms with Crippen molar-refractivity contribution < 1.29 is 46.7 Å². The van der Waals surface area contributed by atoms with Crippen LogP contribution >= 0.6 is 0 Å². The van der Waals surface area contributed by atoms with Gasteiger partial charge in [-0.3, -0.25) is 9.59 Å². The van der Waals surface area contributed by atoms with Crippen molar-refractivity contribution >= 4 is 48.1 Å². The zero-order valence-electron chi connectivity index (χ0n) is 28.5. The number of fused-ring (bicyclic) bond motifs is 2. The van der Waals surface area contributed by atoms with Gasteiger partial charge in [-0.15, -0.1) is 0 Å². The molecule has 1 unspecified atom stereocenters. The van der Waals surface area contributed by atoms with E-state index in [1.165, 1.54) is 27.7 Å². The lowest BCUT2D eigenvalue weighted by molar-refractivity contribution is -0.582. The highest BCUT2D eigenvalue weighted by Gasteiger charge is 2.46. The van der Waals surface area contributed by atoms with Crippen LogP contribution in [0.4, 0.5) is 18.9 Å². The summed E-state index contributed by atoms with van der Waals surface area (Å²) in [5, 5.41) is 12.1. The summed E-state index contributed by atoms with van der Waals surface area (Å²) in [5.74, 6) is -12.4. The minimum Gasteiger partial charge on any atom is -0.478 e. The lowest BCUT2D eigenvalue weighted by atomic mass is 9.83. The van der Waals surface area contributed by atoms with Gasteiger partial charge in [-0.2, -0.15) is 0 Å². The number of ether oxygens (including phenoxy) is 2. The molecule has 6 rings (SSSR count). The van der Waals surface area contributed by atoms with Crippen LogP contribution in [0.5, 0.6) is 0 Å². The van der Waals surface area contributed by atoms with Crippen LogP contribution < -0.4 is 10.1 Å². The lowest BCUT2D eigenvalue weighted by Crippen LogP contribution is -2.50. The highest BCUT2D eigenvalue weighted by molar-refractivity contribution is 6.98. The molecule has 3 aliphatic heterocycles. The maximum atomic E-state index is 17.4. The minimum atomic E-state index is -2.59. The van der Waals surface area contributed by atoms with Gasteiger partial charge in [-0.1, -0.05) is 19.2 Å². The number of carbonyl (C=O) groups is 3. The SMILES string of the molecule is CCOC(=O)C(C(=O)OC(C)(C)C)c1c(F)c(F)c(C(=O)O)c(C2=C3C=CC(=[N+]4CCC4)C=C3[Si](C)(C)c3cc(N4CCC4)ccc32)c1F. The number of nitrogens with zero attached hydrogens (tertiary/aromatic N) is 2. The molecule has 49 heavy (non-hydrogen) atoms. The van der Waals surface area contributed by atoms with Gasteiger partial charge in [0.15, 0.2) is 23.3 Å². The summed E-state index contributed by atoms with van der Waals surface area (Å²) < 4.78 is 62.2. The lowest BCUT2D eigenvalue weighted by Gasteiger charge is -2.40. The van der Waals surface area contributed by atoms with E-state index in [1.807, 2.05) is 24.3 Å².